The molecule has 0 aliphatic heterocycles. The van der Waals surface area contributed by atoms with Crippen LogP contribution in [0.1, 0.15) is 11.1 Å². The zero-order valence-electron chi connectivity index (χ0n) is 12.9. The lowest BCUT2D eigenvalue weighted by Gasteiger charge is -2.14. The topological polar surface area (TPSA) is 30.5 Å². The molecule has 0 amide bonds. The minimum Gasteiger partial charge on any atom is -0.493 e. The first kappa shape index (κ1) is 17.3. The number of hydrogen-bond donors (Lipinski definition) is 1. The van der Waals surface area contributed by atoms with Gasteiger partial charge < -0.3 is 14.8 Å². The van der Waals surface area contributed by atoms with Crippen molar-refractivity contribution in [3.05, 3.63) is 71.0 Å². The van der Waals surface area contributed by atoms with Crippen molar-refractivity contribution in [1.29, 1.82) is 0 Å². The highest BCUT2D eigenvalue weighted by Crippen LogP contribution is 2.34. The highest BCUT2D eigenvalue weighted by atomic mass is 35.5. The van der Waals surface area contributed by atoms with Crippen molar-refractivity contribution in [2.45, 2.75) is 13.2 Å². The van der Waals surface area contributed by atoms with Gasteiger partial charge in [0.25, 0.3) is 0 Å². The Bertz CT molecular complexity index is 676. The molecule has 0 fully saturated rings. The average molecular weight is 336 g/mol. The second-order valence-electron chi connectivity index (χ2n) is 4.89. The molecular weight excluding hydrogens is 317 g/mol. The van der Waals surface area contributed by atoms with Gasteiger partial charge in [-0.15, -0.1) is 6.58 Å². The van der Waals surface area contributed by atoms with Gasteiger partial charge in [0.2, 0.25) is 0 Å². The molecule has 0 aromatic heterocycles. The summed E-state index contributed by atoms with van der Waals surface area (Å²) in [6.07, 6.45) is 1.77. The molecule has 0 aliphatic rings. The minimum atomic E-state index is -0.303. The van der Waals surface area contributed by atoms with Gasteiger partial charge in [-0.05, 0) is 17.7 Å². The monoisotopic (exact) mass is 335 g/mol. The molecule has 0 spiro atoms. The Morgan fingerprint density at radius 2 is 2.00 bits per heavy atom. The van der Waals surface area contributed by atoms with Crippen LogP contribution < -0.4 is 14.8 Å². The van der Waals surface area contributed by atoms with Crippen LogP contribution in [0.4, 0.5) is 4.39 Å². The summed E-state index contributed by atoms with van der Waals surface area (Å²) in [7, 11) is 1.56. The molecule has 3 nitrogen and oxygen atoms in total. The Balaban J connectivity index is 2.13. The van der Waals surface area contributed by atoms with Crippen LogP contribution in [-0.4, -0.2) is 13.7 Å². The highest BCUT2D eigenvalue weighted by Gasteiger charge is 2.11. The van der Waals surface area contributed by atoms with Crippen LogP contribution in [0.2, 0.25) is 5.02 Å². The van der Waals surface area contributed by atoms with Crippen molar-refractivity contribution < 1.29 is 13.9 Å². The van der Waals surface area contributed by atoms with E-state index in [4.69, 9.17) is 21.1 Å². The van der Waals surface area contributed by atoms with E-state index in [9.17, 15) is 4.39 Å². The molecule has 0 saturated heterocycles. The van der Waals surface area contributed by atoms with Gasteiger partial charge in [0.1, 0.15) is 12.4 Å². The second kappa shape index (κ2) is 8.56. The van der Waals surface area contributed by atoms with E-state index < -0.39 is 0 Å². The van der Waals surface area contributed by atoms with Crippen molar-refractivity contribution in [2.75, 3.05) is 13.7 Å². The fourth-order valence-electron chi connectivity index (χ4n) is 2.06. The normalized spacial score (nSPS) is 10.4. The molecule has 1 N–H and O–H groups in total. The molecule has 2 aromatic rings. The van der Waals surface area contributed by atoms with E-state index in [0.717, 1.165) is 5.56 Å². The quantitative estimate of drug-likeness (QED) is 0.575. The third kappa shape index (κ3) is 4.71. The van der Waals surface area contributed by atoms with Crippen molar-refractivity contribution in [2.24, 2.45) is 0 Å². The number of nitrogens with one attached hydrogen (secondary N) is 1. The summed E-state index contributed by atoms with van der Waals surface area (Å²) >= 11 is 6.27. The van der Waals surface area contributed by atoms with Gasteiger partial charge in [-0.3, -0.25) is 0 Å². The van der Waals surface area contributed by atoms with Gasteiger partial charge in [-0.1, -0.05) is 35.9 Å². The van der Waals surface area contributed by atoms with Gasteiger partial charge in [0.15, 0.2) is 11.5 Å². The number of benzene rings is 2. The lowest BCUT2D eigenvalue weighted by molar-refractivity contribution is 0.279. The van der Waals surface area contributed by atoms with E-state index in [1.54, 1.807) is 37.5 Å². The molecule has 0 heterocycles. The van der Waals surface area contributed by atoms with Crippen molar-refractivity contribution in [3.63, 3.8) is 0 Å². The Kier molecular flexibility index (Phi) is 6.44. The Hall–Kier alpha value is -2.04. The maximum atomic E-state index is 13.6. The number of halogens is 2. The molecule has 122 valence electrons. The van der Waals surface area contributed by atoms with E-state index in [-0.39, 0.29) is 12.4 Å². The molecule has 0 radical (unpaired) electrons. The molecule has 23 heavy (non-hydrogen) atoms. The largest absolute Gasteiger partial charge is 0.493 e. The fraction of sp³-hybridized carbons (Fsp3) is 0.222. The van der Waals surface area contributed by atoms with Crippen LogP contribution in [0.15, 0.2) is 49.1 Å². The molecule has 2 rings (SSSR count). The third-order valence-electron chi connectivity index (χ3n) is 3.28. The molecule has 0 aliphatic carbocycles. The molecule has 0 saturated carbocycles. The van der Waals surface area contributed by atoms with E-state index in [1.165, 1.54) is 6.07 Å². The van der Waals surface area contributed by atoms with Crippen LogP contribution in [0.5, 0.6) is 11.5 Å². The van der Waals surface area contributed by atoms with E-state index in [1.807, 2.05) is 6.07 Å². The summed E-state index contributed by atoms with van der Waals surface area (Å²) in [5, 5.41) is 3.74. The lowest BCUT2D eigenvalue weighted by atomic mass is 10.2. The molecule has 2 aromatic carbocycles. The number of rotatable bonds is 8. The van der Waals surface area contributed by atoms with Crippen LogP contribution in [0.25, 0.3) is 0 Å². The third-order valence-corrected chi connectivity index (χ3v) is 3.63. The summed E-state index contributed by atoms with van der Waals surface area (Å²) < 4.78 is 24.6. The van der Waals surface area contributed by atoms with Gasteiger partial charge >= 0.3 is 0 Å². The van der Waals surface area contributed by atoms with Crippen LogP contribution >= 0.6 is 11.6 Å². The summed E-state index contributed by atoms with van der Waals surface area (Å²) in [6, 6.07) is 9.98. The zero-order chi connectivity index (χ0) is 16.7. The lowest BCUT2D eigenvalue weighted by Crippen LogP contribution is -2.13. The Morgan fingerprint density at radius 3 is 2.70 bits per heavy atom. The first-order chi connectivity index (χ1) is 11.2. The summed E-state index contributed by atoms with van der Waals surface area (Å²) in [5.74, 6) is 0.733. The van der Waals surface area contributed by atoms with E-state index >= 15 is 0 Å². The van der Waals surface area contributed by atoms with Crippen molar-refractivity contribution in [3.8, 4) is 11.5 Å². The van der Waals surface area contributed by atoms with Crippen LogP contribution in [0, 0.1) is 5.82 Å². The Labute approximate surface area is 140 Å². The number of methoxy groups -OCH3 is 1. The average Bonchev–Trinajstić information content (AvgIpc) is 2.56. The molecule has 0 bridgehead atoms. The summed E-state index contributed by atoms with van der Waals surface area (Å²) in [4.78, 5) is 0. The fourth-order valence-corrected chi connectivity index (χ4v) is 2.29. The SMILES string of the molecule is C=CCNCc1cc(OC)c(OCc2ccccc2F)cc1Cl. The first-order valence-corrected chi connectivity index (χ1v) is 7.57. The van der Waals surface area contributed by atoms with Gasteiger partial charge in [-0.2, -0.15) is 0 Å². The minimum absolute atomic E-state index is 0.105. The molecule has 5 heteroatoms. The van der Waals surface area contributed by atoms with Crippen LogP contribution in [0.3, 0.4) is 0 Å². The van der Waals surface area contributed by atoms with E-state index in [0.29, 0.717) is 35.2 Å². The zero-order valence-corrected chi connectivity index (χ0v) is 13.7. The smallest absolute Gasteiger partial charge is 0.163 e. The van der Waals surface area contributed by atoms with Gasteiger partial charge in [0.05, 0.1) is 7.11 Å². The standard InChI is InChI=1S/C18H19ClFNO2/c1-3-8-21-11-14-9-17(22-2)18(10-15(14)19)23-12-13-6-4-5-7-16(13)20/h3-7,9-10,21H,1,8,11-12H2,2H3. The highest BCUT2D eigenvalue weighted by molar-refractivity contribution is 6.31. The maximum absolute atomic E-state index is 13.6. The molecule has 0 atom stereocenters. The van der Waals surface area contributed by atoms with Crippen molar-refractivity contribution >= 4 is 11.6 Å². The summed E-state index contributed by atoms with van der Waals surface area (Å²) in [5.41, 5.74) is 1.37. The first-order valence-electron chi connectivity index (χ1n) is 7.20. The van der Waals surface area contributed by atoms with Crippen LogP contribution in [-0.2, 0) is 13.2 Å². The predicted molar refractivity (Wildman–Crippen MR) is 90.6 cm³/mol. The van der Waals surface area contributed by atoms with Gasteiger partial charge in [0, 0.05) is 29.7 Å². The number of hydrogen-bond acceptors (Lipinski definition) is 3. The van der Waals surface area contributed by atoms with E-state index in [2.05, 4.69) is 11.9 Å². The maximum Gasteiger partial charge on any atom is 0.163 e. The van der Waals surface area contributed by atoms with Crippen molar-refractivity contribution in [1.82, 2.24) is 5.32 Å². The summed E-state index contributed by atoms with van der Waals surface area (Å²) in [6.45, 7) is 5.03. The molecule has 0 unspecified atom stereocenters. The second-order valence-corrected chi connectivity index (χ2v) is 5.30. The molecular formula is C18H19ClFNO2. The van der Waals surface area contributed by atoms with Gasteiger partial charge in [-0.25, -0.2) is 4.39 Å². The number of ether oxygens (including phenoxy) is 2. The Morgan fingerprint density at radius 1 is 1.22 bits per heavy atom. The predicted octanol–water partition coefficient (Wildman–Crippen LogP) is 4.34.